The summed E-state index contributed by atoms with van der Waals surface area (Å²) in [4.78, 5) is 16.8. The van der Waals surface area contributed by atoms with Gasteiger partial charge in [-0.1, -0.05) is 11.2 Å². The minimum atomic E-state index is -1.34. The summed E-state index contributed by atoms with van der Waals surface area (Å²) in [5.41, 5.74) is 4.72. The Bertz CT molecular complexity index is 732. The molecule has 0 aliphatic carbocycles. The van der Waals surface area contributed by atoms with Crippen molar-refractivity contribution in [2.24, 2.45) is 5.73 Å². The molecule has 7 nitrogen and oxygen atoms in total. The number of halogens is 2. The molecule has 3 N–H and O–H groups in total. The van der Waals surface area contributed by atoms with Crippen LogP contribution >= 0.6 is 0 Å². The fourth-order valence-corrected chi connectivity index (χ4v) is 2.94. The molecule has 1 amide bonds. The second kappa shape index (κ2) is 6.62. The van der Waals surface area contributed by atoms with Crippen molar-refractivity contribution in [3.63, 3.8) is 0 Å². The van der Waals surface area contributed by atoms with Crippen LogP contribution in [0, 0.1) is 11.6 Å². The van der Waals surface area contributed by atoms with Gasteiger partial charge in [0.2, 0.25) is 5.89 Å². The van der Waals surface area contributed by atoms with Crippen LogP contribution in [0.5, 0.6) is 0 Å². The van der Waals surface area contributed by atoms with Gasteiger partial charge in [-0.25, -0.2) is 8.78 Å². The van der Waals surface area contributed by atoms with Gasteiger partial charge in [-0.05, 0) is 31.5 Å². The van der Waals surface area contributed by atoms with E-state index >= 15 is 0 Å². The zero-order chi connectivity index (χ0) is 17.3. The van der Waals surface area contributed by atoms with Crippen LogP contribution in [0.15, 0.2) is 22.7 Å². The molecule has 0 unspecified atom stereocenters. The Balaban J connectivity index is 1.77. The molecule has 2 atom stereocenters. The van der Waals surface area contributed by atoms with Crippen molar-refractivity contribution in [1.82, 2.24) is 15.0 Å². The van der Waals surface area contributed by atoms with Gasteiger partial charge >= 0.3 is 0 Å². The predicted molar refractivity (Wildman–Crippen MR) is 77.7 cm³/mol. The maximum atomic E-state index is 13.8. The number of aliphatic hydroxyl groups is 1. The first-order valence-corrected chi connectivity index (χ1v) is 7.46. The number of β-amino-alcohol motifs (C(OH)–C–C–N with tert-alkyl or cyclic N) is 1. The first kappa shape index (κ1) is 16.5. The van der Waals surface area contributed by atoms with E-state index in [2.05, 4.69) is 10.1 Å². The predicted octanol–water partition coefficient (Wildman–Crippen LogP) is 1.32. The van der Waals surface area contributed by atoms with Crippen molar-refractivity contribution >= 4 is 5.91 Å². The summed E-state index contributed by atoms with van der Waals surface area (Å²) in [5.74, 6) is -2.43. The Morgan fingerprint density at radius 3 is 2.79 bits per heavy atom. The summed E-state index contributed by atoms with van der Waals surface area (Å²) in [6, 6.07) is 3.10. The third-order valence-corrected chi connectivity index (χ3v) is 4.05. The van der Waals surface area contributed by atoms with Gasteiger partial charge in [0.1, 0.15) is 11.6 Å². The lowest BCUT2D eigenvalue weighted by atomic mass is 10.1. The molecule has 3 rings (SSSR count). The zero-order valence-corrected chi connectivity index (χ0v) is 12.7. The van der Waals surface area contributed by atoms with Gasteiger partial charge in [0.15, 0.2) is 0 Å². The summed E-state index contributed by atoms with van der Waals surface area (Å²) >= 11 is 0. The van der Waals surface area contributed by atoms with Crippen molar-refractivity contribution in [2.75, 3.05) is 13.1 Å². The normalized spacial score (nSPS) is 19.5. The number of hydrogen-bond donors (Lipinski definition) is 2. The van der Waals surface area contributed by atoms with E-state index in [1.54, 1.807) is 4.90 Å². The third-order valence-electron chi connectivity index (χ3n) is 4.05. The van der Waals surface area contributed by atoms with E-state index in [9.17, 15) is 18.7 Å². The molecule has 9 heteroatoms. The van der Waals surface area contributed by atoms with Crippen LogP contribution in [0.4, 0.5) is 8.78 Å². The van der Waals surface area contributed by atoms with Gasteiger partial charge in [-0.3, -0.25) is 9.69 Å². The maximum absolute atomic E-state index is 13.8. The lowest BCUT2D eigenvalue weighted by molar-refractivity contribution is 0.0915. The molecule has 1 aliphatic rings. The summed E-state index contributed by atoms with van der Waals surface area (Å²) in [5, 5.41) is 13.7. The number of benzene rings is 1. The molecular weight excluding hydrogens is 322 g/mol. The van der Waals surface area contributed by atoms with Crippen LogP contribution in [-0.2, 0) is 0 Å². The molecule has 0 bridgehead atoms. The molecule has 1 aromatic carbocycles. The van der Waals surface area contributed by atoms with Crippen LogP contribution in [0.2, 0.25) is 0 Å². The standard InChI is InChI=1S/C15H16F2N4O3/c16-8-3-1-4-9(17)12(8)11(22)7-21-6-2-5-10(21)15-19-14(13(18)23)20-24-15/h1,3-4,10-11,22H,2,5-7H2,(H2,18,23)/t10-,11-/m1/s1. The second-order valence-corrected chi connectivity index (χ2v) is 5.62. The zero-order valence-electron chi connectivity index (χ0n) is 12.7. The Hall–Kier alpha value is -2.39. The number of carbonyl (C=O) groups is 1. The van der Waals surface area contributed by atoms with Gasteiger partial charge < -0.3 is 15.4 Å². The second-order valence-electron chi connectivity index (χ2n) is 5.62. The number of nitrogens with two attached hydrogens (primary N) is 1. The number of likely N-dealkylation sites (tertiary alicyclic amines) is 1. The van der Waals surface area contributed by atoms with Gasteiger partial charge in [0, 0.05) is 6.54 Å². The smallest absolute Gasteiger partial charge is 0.290 e. The lowest BCUT2D eigenvalue weighted by Crippen LogP contribution is -2.29. The Morgan fingerprint density at radius 1 is 1.46 bits per heavy atom. The molecule has 128 valence electrons. The molecule has 2 heterocycles. The summed E-state index contributed by atoms with van der Waals surface area (Å²) in [6.07, 6.45) is 0.100. The van der Waals surface area contributed by atoms with Crippen molar-refractivity contribution in [3.8, 4) is 0 Å². The molecule has 1 aliphatic heterocycles. The highest BCUT2D eigenvalue weighted by atomic mass is 19.1. The summed E-state index contributed by atoms with van der Waals surface area (Å²) in [6.45, 7) is 0.586. The van der Waals surface area contributed by atoms with Crippen molar-refractivity contribution < 1.29 is 23.2 Å². The van der Waals surface area contributed by atoms with E-state index in [4.69, 9.17) is 10.3 Å². The molecule has 2 aromatic rings. The molecule has 0 saturated carbocycles. The van der Waals surface area contributed by atoms with E-state index in [0.29, 0.717) is 13.0 Å². The highest BCUT2D eigenvalue weighted by Crippen LogP contribution is 2.33. The van der Waals surface area contributed by atoms with E-state index in [1.807, 2.05) is 0 Å². The monoisotopic (exact) mass is 338 g/mol. The van der Waals surface area contributed by atoms with E-state index in [0.717, 1.165) is 18.6 Å². The van der Waals surface area contributed by atoms with E-state index in [-0.39, 0.29) is 29.9 Å². The van der Waals surface area contributed by atoms with Crippen LogP contribution in [-0.4, -0.2) is 39.1 Å². The quantitative estimate of drug-likeness (QED) is 0.852. The van der Waals surface area contributed by atoms with Crippen molar-refractivity contribution in [2.45, 2.75) is 25.0 Å². The van der Waals surface area contributed by atoms with Crippen LogP contribution in [0.25, 0.3) is 0 Å². The third kappa shape index (κ3) is 3.13. The highest BCUT2D eigenvalue weighted by molar-refractivity contribution is 5.88. The van der Waals surface area contributed by atoms with Crippen LogP contribution in [0.3, 0.4) is 0 Å². The number of amides is 1. The lowest BCUT2D eigenvalue weighted by Gasteiger charge is -2.24. The summed E-state index contributed by atoms with van der Waals surface area (Å²) < 4.78 is 32.6. The minimum absolute atomic E-state index is 0.00317. The number of rotatable bonds is 5. The van der Waals surface area contributed by atoms with Gasteiger partial charge in [0.25, 0.3) is 11.7 Å². The highest BCUT2D eigenvalue weighted by Gasteiger charge is 2.33. The number of carbonyl (C=O) groups excluding carboxylic acids is 1. The Kier molecular flexibility index (Phi) is 4.54. The molecule has 24 heavy (non-hydrogen) atoms. The number of hydrogen-bond acceptors (Lipinski definition) is 6. The minimum Gasteiger partial charge on any atom is -0.387 e. The number of primary amides is 1. The SMILES string of the molecule is NC(=O)c1noc([C@H]2CCCN2C[C@@H](O)c2c(F)cccc2F)n1. The molecule has 0 spiro atoms. The Morgan fingerprint density at radius 2 is 2.17 bits per heavy atom. The first-order valence-electron chi connectivity index (χ1n) is 7.46. The van der Waals surface area contributed by atoms with Gasteiger partial charge in [0.05, 0.1) is 17.7 Å². The average molecular weight is 338 g/mol. The molecular formula is C15H16F2N4O3. The maximum Gasteiger partial charge on any atom is 0.290 e. The topological polar surface area (TPSA) is 105 Å². The fraction of sp³-hybridized carbons (Fsp3) is 0.400. The van der Waals surface area contributed by atoms with Gasteiger partial charge in [-0.15, -0.1) is 0 Å². The van der Waals surface area contributed by atoms with Crippen molar-refractivity contribution in [1.29, 1.82) is 0 Å². The Labute approximate surface area is 136 Å². The van der Waals surface area contributed by atoms with E-state index < -0.39 is 23.6 Å². The number of aliphatic hydroxyl groups excluding tert-OH is 1. The molecule has 1 aromatic heterocycles. The molecule has 1 saturated heterocycles. The first-order chi connectivity index (χ1) is 11.5. The average Bonchev–Trinajstić information content (AvgIpc) is 3.15. The number of aromatic nitrogens is 2. The molecule has 1 fully saturated rings. The van der Waals surface area contributed by atoms with E-state index in [1.165, 1.54) is 6.07 Å². The largest absolute Gasteiger partial charge is 0.387 e. The molecule has 0 radical (unpaired) electrons. The fourth-order valence-electron chi connectivity index (χ4n) is 2.94. The number of nitrogens with zero attached hydrogens (tertiary/aromatic N) is 3. The van der Waals surface area contributed by atoms with Crippen LogP contribution < -0.4 is 5.73 Å². The van der Waals surface area contributed by atoms with Gasteiger partial charge in [-0.2, -0.15) is 4.98 Å². The van der Waals surface area contributed by atoms with Crippen molar-refractivity contribution in [3.05, 3.63) is 47.1 Å². The summed E-state index contributed by atoms with van der Waals surface area (Å²) in [7, 11) is 0. The van der Waals surface area contributed by atoms with Crippen LogP contribution in [0.1, 0.15) is 47.1 Å².